The van der Waals surface area contributed by atoms with Gasteiger partial charge >= 0.3 is 0 Å². The standard InChI is InChI=1S/C15H14F2N2O4S/c16-9-4-8(23-15-14(22)13(21)10(20)6-24-15)5-19-12(9)7-1-2-18-11(17)3-7/h1-5,10,13-15,20-22H,6H2/t10-,13+,14-,15+/m1/s1. The van der Waals surface area contributed by atoms with E-state index in [4.69, 9.17) is 4.74 Å². The zero-order valence-electron chi connectivity index (χ0n) is 12.2. The largest absolute Gasteiger partial charge is 0.475 e. The van der Waals surface area contributed by atoms with Crippen LogP contribution >= 0.6 is 11.8 Å². The molecule has 0 saturated carbocycles. The van der Waals surface area contributed by atoms with Crippen molar-refractivity contribution in [3.8, 4) is 17.0 Å². The van der Waals surface area contributed by atoms with Crippen molar-refractivity contribution >= 4 is 11.8 Å². The zero-order valence-corrected chi connectivity index (χ0v) is 13.0. The molecule has 2 aromatic rings. The molecule has 6 nitrogen and oxygen atoms in total. The Balaban J connectivity index is 1.78. The number of nitrogens with zero attached hydrogens (tertiary/aromatic N) is 2. The van der Waals surface area contributed by atoms with Crippen LogP contribution in [0.5, 0.6) is 5.75 Å². The smallest absolute Gasteiger partial charge is 0.213 e. The highest BCUT2D eigenvalue weighted by Gasteiger charge is 2.38. The molecule has 0 amide bonds. The van der Waals surface area contributed by atoms with E-state index in [-0.39, 0.29) is 22.8 Å². The molecule has 0 radical (unpaired) electrons. The van der Waals surface area contributed by atoms with Gasteiger partial charge in [0.25, 0.3) is 0 Å². The van der Waals surface area contributed by atoms with Crippen molar-refractivity contribution in [3.05, 3.63) is 42.4 Å². The molecule has 1 fully saturated rings. The minimum Gasteiger partial charge on any atom is -0.475 e. The van der Waals surface area contributed by atoms with Crippen molar-refractivity contribution in [1.82, 2.24) is 9.97 Å². The van der Waals surface area contributed by atoms with Gasteiger partial charge in [0, 0.05) is 29.6 Å². The number of hydrogen-bond donors (Lipinski definition) is 3. The second-order valence-corrected chi connectivity index (χ2v) is 6.37. The van der Waals surface area contributed by atoms with Gasteiger partial charge in [-0.1, -0.05) is 0 Å². The Morgan fingerprint density at radius 3 is 2.62 bits per heavy atom. The monoisotopic (exact) mass is 356 g/mol. The van der Waals surface area contributed by atoms with Crippen molar-refractivity contribution in [2.45, 2.75) is 23.7 Å². The van der Waals surface area contributed by atoms with Crippen LogP contribution in [0.25, 0.3) is 11.3 Å². The summed E-state index contributed by atoms with van der Waals surface area (Å²) in [4.78, 5) is 7.31. The van der Waals surface area contributed by atoms with E-state index in [1.807, 2.05) is 0 Å². The first-order chi connectivity index (χ1) is 11.5. The molecule has 1 aliphatic heterocycles. The number of ether oxygens (including phenoxy) is 1. The van der Waals surface area contributed by atoms with E-state index in [0.29, 0.717) is 0 Å². The molecular weight excluding hydrogens is 342 g/mol. The maximum atomic E-state index is 14.2. The minimum absolute atomic E-state index is 0.0471. The number of pyridine rings is 2. The van der Waals surface area contributed by atoms with Gasteiger partial charge in [0.15, 0.2) is 11.3 Å². The molecule has 24 heavy (non-hydrogen) atoms. The average molecular weight is 356 g/mol. The summed E-state index contributed by atoms with van der Waals surface area (Å²) in [7, 11) is 0. The number of rotatable bonds is 3. The fraction of sp³-hybridized carbons (Fsp3) is 0.333. The van der Waals surface area contributed by atoms with Gasteiger partial charge in [-0.05, 0) is 6.07 Å². The van der Waals surface area contributed by atoms with Crippen LogP contribution in [0.15, 0.2) is 30.6 Å². The summed E-state index contributed by atoms with van der Waals surface area (Å²) in [5.74, 6) is -1.25. The second-order valence-electron chi connectivity index (χ2n) is 5.24. The van der Waals surface area contributed by atoms with Crippen LogP contribution in [-0.4, -0.2) is 54.8 Å². The highest BCUT2D eigenvalue weighted by atomic mass is 32.2. The maximum Gasteiger partial charge on any atom is 0.213 e. The summed E-state index contributed by atoms with van der Waals surface area (Å²) in [6, 6.07) is 3.54. The molecule has 4 atom stereocenters. The number of aromatic nitrogens is 2. The molecular formula is C15H14F2N2O4S. The third kappa shape index (κ3) is 3.48. The molecule has 128 valence electrons. The Bertz CT molecular complexity index is 736. The van der Waals surface area contributed by atoms with Gasteiger partial charge in [-0.25, -0.2) is 14.4 Å². The van der Waals surface area contributed by atoms with E-state index in [1.165, 1.54) is 18.5 Å². The summed E-state index contributed by atoms with van der Waals surface area (Å²) in [5.41, 5.74) is -0.693. The van der Waals surface area contributed by atoms with E-state index < -0.39 is 35.5 Å². The molecule has 3 heterocycles. The Hall–Kier alpha value is -1.81. The molecule has 9 heteroatoms. The van der Waals surface area contributed by atoms with Gasteiger partial charge < -0.3 is 20.1 Å². The van der Waals surface area contributed by atoms with E-state index in [0.717, 1.165) is 23.9 Å². The minimum atomic E-state index is -1.34. The zero-order chi connectivity index (χ0) is 17.3. The lowest BCUT2D eigenvalue weighted by molar-refractivity contribution is -0.0786. The van der Waals surface area contributed by atoms with Crippen LogP contribution < -0.4 is 4.74 Å². The van der Waals surface area contributed by atoms with Crippen molar-refractivity contribution in [2.75, 3.05) is 5.75 Å². The summed E-state index contributed by atoms with van der Waals surface area (Å²) in [5, 5.41) is 29.0. The fourth-order valence-electron chi connectivity index (χ4n) is 2.26. The quantitative estimate of drug-likeness (QED) is 0.705. The van der Waals surface area contributed by atoms with E-state index >= 15 is 0 Å². The first-order valence-electron chi connectivity index (χ1n) is 7.05. The molecule has 0 aliphatic carbocycles. The second kappa shape index (κ2) is 6.98. The topological polar surface area (TPSA) is 95.7 Å². The third-order valence-corrected chi connectivity index (χ3v) is 4.76. The van der Waals surface area contributed by atoms with Crippen molar-refractivity contribution in [3.63, 3.8) is 0 Å². The van der Waals surface area contributed by atoms with E-state index in [9.17, 15) is 24.1 Å². The van der Waals surface area contributed by atoms with Gasteiger partial charge in [0.05, 0.1) is 12.3 Å². The van der Waals surface area contributed by atoms with E-state index in [2.05, 4.69) is 9.97 Å². The molecule has 0 aromatic carbocycles. The molecule has 3 rings (SSSR count). The predicted molar refractivity (Wildman–Crippen MR) is 82.3 cm³/mol. The summed E-state index contributed by atoms with van der Waals surface area (Å²) in [6.07, 6.45) is -1.27. The summed E-state index contributed by atoms with van der Waals surface area (Å²) >= 11 is 1.10. The van der Waals surface area contributed by atoms with Crippen molar-refractivity contribution < 1.29 is 28.8 Å². The number of aliphatic hydroxyl groups is 3. The molecule has 0 unspecified atom stereocenters. The molecule has 1 aliphatic rings. The molecule has 0 spiro atoms. The van der Waals surface area contributed by atoms with Gasteiger partial charge in [0.2, 0.25) is 5.95 Å². The lowest BCUT2D eigenvalue weighted by atomic mass is 10.1. The SMILES string of the molecule is O[C@@H]1[C@@H](O)[C@@H](Oc2cnc(-c3ccnc(F)c3)c(F)c2)SC[C@H]1O. The van der Waals surface area contributed by atoms with Crippen LogP contribution in [0.1, 0.15) is 0 Å². The molecule has 3 N–H and O–H groups in total. The first-order valence-corrected chi connectivity index (χ1v) is 8.10. The van der Waals surface area contributed by atoms with Crippen LogP contribution in [0, 0.1) is 11.8 Å². The Morgan fingerprint density at radius 1 is 1.12 bits per heavy atom. The van der Waals surface area contributed by atoms with Crippen molar-refractivity contribution in [2.24, 2.45) is 0 Å². The normalized spacial score (nSPS) is 27.0. The average Bonchev–Trinajstić information content (AvgIpc) is 2.55. The Labute approximate surface area is 140 Å². The van der Waals surface area contributed by atoms with Crippen molar-refractivity contribution in [1.29, 1.82) is 0 Å². The maximum absolute atomic E-state index is 14.2. The van der Waals surface area contributed by atoms with Gasteiger partial charge in [-0.2, -0.15) is 4.39 Å². The van der Waals surface area contributed by atoms with Crippen LogP contribution in [0.2, 0.25) is 0 Å². The predicted octanol–water partition coefficient (Wildman–Crippen LogP) is 0.956. The Morgan fingerprint density at radius 2 is 1.92 bits per heavy atom. The number of thioether (sulfide) groups is 1. The highest BCUT2D eigenvalue weighted by molar-refractivity contribution is 7.99. The molecule has 0 bridgehead atoms. The third-order valence-electron chi connectivity index (χ3n) is 3.52. The van der Waals surface area contributed by atoms with Crippen LogP contribution in [0.4, 0.5) is 8.78 Å². The van der Waals surface area contributed by atoms with Crippen LogP contribution in [-0.2, 0) is 0 Å². The fourth-order valence-corrected chi connectivity index (χ4v) is 3.39. The summed E-state index contributed by atoms with van der Waals surface area (Å²) in [6.45, 7) is 0. The number of halogens is 2. The van der Waals surface area contributed by atoms with E-state index in [1.54, 1.807) is 0 Å². The molecule has 1 saturated heterocycles. The number of hydrogen-bond acceptors (Lipinski definition) is 7. The molecule has 2 aromatic heterocycles. The van der Waals surface area contributed by atoms with Gasteiger partial charge in [-0.15, -0.1) is 11.8 Å². The van der Waals surface area contributed by atoms with Gasteiger partial charge in [-0.3, -0.25) is 0 Å². The Kier molecular flexibility index (Phi) is 4.95. The highest BCUT2D eigenvalue weighted by Crippen LogP contribution is 2.30. The lowest BCUT2D eigenvalue weighted by Crippen LogP contribution is -2.50. The van der Waals surface area contributed by atoms with Crippen LogP contribution in [0.3, 0.4) is 0 Å². The van der Waals surface area contributed by atoms with Gasteiger partial charge in [0.1, 0.15) is 23.7 Å². The summed E-state index contributed by atoms with van der Waals surface area (Å²) < 4.78 is 32.8. The number of aliphatic hydroxyl groups excluding tert-OH is 3. The first kappa shape index (κ1) is 17.0. The lowest BCUT2D eigenvalue weighted by Gasteiger charge is -2.34.